The first-order valence-electron chi connectivity index (χ1n) is 6.64. The van der Waals surface area contributed by atoms with Gasteiger partial charge in [0.2, 0.25) is 0 Å². The number of alkyl halides is 1. The SMILES string of the molecule is CC(F)CN(C(=O)OC(C)(C)C)C1CCCNC1. The Morgan fingerprint density at radius 1 is 1.56 bits per heavy atom. The minimum absolute atomic E-state index is 0.0341. The molecular weight excluding hydrogens is 235 g/mol. The Labute approximate surface area is 109 Å². The Bertz CT molecular complexity index is 271. The van der Waals surface area contributed by atoms with Crippen molar-refractivity contribution < 1.29 is 13.9 Å². The normalized spacial score (nSPS) is 22.4. The van der Waals surface area contributed by atoms with Gasteiger partial charge in [-0.3, -0.25) is 0 Å². The molecule has 18 heavy (non-hydrogen) atoms. The van der Waals surface area contributed by atoms with E-state index >= 15 is 0 Å². The number of amides is 1. The van der Waals surface area contributed by atoms with Gasteiger partial charge in [0.05, 0.1) is 6.54 Å². The van der Waals surface area contributed by atoms with Gasteiger partial charge in [0.25, 0.3) is 0 Å². The number of nitrogens with zero attached hydrogens (tertiary/aromatic N) is 1. The van der Waals surface area contributed by atoms with Gasteiger partial charge >= 0.3 is 6.09 Å². The molecule has 0 radical (unpaired) electrons. The van der Waals surface area contributed by atoms with Gasteiger partial charge < -0.3 is 15.0 Å². The van der Waals surface area contributed by atoms with Crippen LogP contribution in [0.15, 0.2) is 0 Å². The number of carbonyl (C=O) groups excluding carboxylic acids is 1. The molecule has 4 nitrogen and oxygen atoms in total. The summed E-state index contributed by atoms with van der Waals surface area (Å²) in [4.78, 5) is 13.6. The highest BCUT2D eigenvalue weighted by atomic mass is 19.1. The second-order valence-electron chi connectivity index (χ2n) is 5.91. The average Bonchev–Trinajstić information content (AvgIpc) is 2.24. The standard InChI is InChI=1S/C13H25FN2O2/c1-10(14)9-16(11-6-5-7-15-8-11)12(17)18-13(2,3)4/h10-11,15H,5-9H2,1-4H3. The van der Waals surface area contributed by atoms with Crippen molar-refractivity contribution in [3.8, 4) is 0 Å². The molecule has 2 atom stereocenters. The van der Waals surface area contributed by atoms with Crippen molar-refractivity contribution in [1.82, 2.24) is 10.2 Å². The minimum atomic E-state index is -1.04. The second kappa shape index (κ2) is 6.36. The van der Waals surface area contributed by atoms with Gasteiger partial charge in [-0.25, -0.2) is 9.18 Å². The number of carbonyl (C=O) groups is 1. The molecule has 1 N–H and O–H groups in total. The van der Waals surface area contributed by atoms with E-state index in [1.54, 1.807) is 0 Å². The molecule has 0 bridgehead atoms. The van der Waals surface area contributed by atoms with E-state index in [0.717, 1.165) is 19.4 Å². The molecule has 0 aromatic carbocycles. The van der Waals surface area contributed by atoms with Crippen LogP contribution in [0.5, 0.6) is 0 Å². The highest BCUT2D eigenvalue weighted by Gasteiger charge is 2.30. The van der Waals surface area contributed by atoms with E-state index in [0.29, 0.717) is 6.54 Å². The van der Waals surface area contributed by atoms with Crippen LogP contribution < -0.4 is 5.32 Å². The van der Waals surface area contributed by atoms with E-state index in [1.165, 1.54) is 11.8 Å². The molecule has 0 aliphatic carbocycles. The average molecular weight is 260 g/mol. The molecule has 1 fully saturated rings. The van der Waals surface area contributed by atoms with Crippen molar-refractivity contribution in [3.05, 3.63) is 0 Å². The van der Waals surface area contributed by atoms with Crippen molar-refractivity contribution in [1.29, 1.82) is 0 Å². The molecule has 2 unspecified atom stereocenters. The van der Waals surface area contributed by atoms with E-state index in [1.807, 2.05) is 20.8 Å². The Hall–Kier alpha value is -0.840. The summed E-state index contributed by atoms with van der Waals surface area (Å²) in [5, 5.41) is 3.23. The largest absolute Gasteiger partial charge is 0.444 e. The molecule has 1 amide bonds. The molecule has 0 aromatic rings. The summed E-state index contributed by atoms with van der Waals surface area (Å²) in [6.45, 7) is 8.70. The zero-order valence-electron chi connectivity index (χ0n) is 11.8. The van der Waals surface area contributed by atoms with E-state index in [2.05, 4.69) is 5.32 Å². The predicted octanol–water partition coefficient (Wildman–Crippen LogP) is 2.33. The monoisotopic (exact) mass is 260 g/mol. The molecule has 5 heteroatoms. The molecule has 1 rings (SSSR count). The zero-order chi connectivity index (χ0) is 13.8. The highest BCUT2D eigenvalue weighted by molar-refractivity contribution is 5.68. The summed E-state index contributed by atoms with van der Waals surface area (Å²) in [6, 6.07) is 0.0341. The van der Waals surface area contributed by atoms with Crippen molar-refractivity contribution in [2.75, 3.05) is 19.6 Å². The first-order valence-corrected chi connectivity index (χ1v) is 6.64. The van der Waals surface area contributed by atoms with E-state index < -0.39 is 17.9 Å². The Balaban J connectivity index is 2.67. The summed E-state index contributed by atoms with van der Waals surface area (Å²) >= 11 is 0. The van der Waals surface area contributed by atoms with Crippen molar-refractivity contribution in [2.24, 2.45) is 0 Å². The predicted molar refractivity (Wildman–Crippen MR) is 69.4 cm³/mol. The maximum Gasteiger partial charge on any atom is 0.410 e. The molecule has 1 aliphatic rings. The maximum absolute atomic E-state index is 13.2. The van der Waals surface area contributed by atoms with Gasteiger partial charge in [0.1, 0.15) is 11.8 Å². The highest BCUT2D eigenvalue weighted by Crippen LogP contribution is 2.17. The van der Waals surface area contributed by atoms with Gasteiger partial charge in [0, 0.05) is 12.6 Å². The van der Waals surface area contributed by atoms with Crippen LogP contribution in [0.2, 0.25) is 0 Å². The molecule has 1 aliphatic heterocycles. The lowest BCUT2D eigenvalue weighted by Crippen LogP contribution is -2.51. The molecular formula is C13H25FN2O2. The van der Waals surface area contributed by atoms with Gasteiger partial charge in [-0.15, -0.1) is 0 Å². The Kier molecular flexibility index (Phi) is 5.38. The van der Waals surface area contributed by atoms with Crippen LogP contribution in [-0.2, 0) is 4.74 Å². The fourth-order valence-corrected chi connectivity index (χ4v) is 2.06. The third-order valence-electron chi connectivity index (χ3n) is 2.79. The number of rotatable bonds is 3. The Morgan fingerprint density at radius 3 is 2.67 bits per heavy atom. The number of piperidine rings is 1. The third kappa shape index (κ3) is 5.21. The fourth-order valence-electron chi connectivity index (χ4n) is 2.06. The molecule has 0 spiro atoms. The third-order valence-corrected chi connectivity index (χ3v) is 2.79. The summed E-state index contributed by atoms with van der Waals surface area (Å²) in [6.07, 6.45) is 0.448. The van der Waals surface area contributed by atoms with Crippen LogP contribution in [0.1, 0.15) is 40.5 Å². The smallest absolute Gasteiger partial charge is 0.410 e. The van der Waals surface area contributed by atoms with Gasteiger partial charge in [-0.2, -0.15) is 0 Å². The molecule has 1 saturated heterocycles. The van der Waals surface area contributed by atoms with E-state index in [-0.39, 0.29) is 12.6 Å². The van der Waals surface area contributed by atoms with Crippen molar-refractivity contribution >= 4 is 6.09 Å². The zero-order valence-corrected chi connectivity index (χ0v) is 11.8. The quantitative estimate of drug-likeness (QED) is 0.847. The van der Waals surface area contributed by atoms with Gasteiger partial charge in [0.15, 0.2) is 0 Å². The molecule has 106 valence electrons. The first-order chi connectivity index (χ1) is 8.29. The number of halogens is 1. The first kappa shape index (κ1) is 15.2. The lowest BCUT2D eigenvalue weighted by molar-refractivity contribution is 0.00859. The van der Waals surface area contributed by atoms with E-state index in [4.69, 9.17) is 4.74 Å². The molecule has 0 aromatic heterocycles. The van der Waals surface area contributed by atoms with Crippen LogP contribution in [0, 0.1) is 0 Å². The lowest BCUT2D eigenvalue weighted by atomic mass is 10.1. The van der Waals surface area contributed by atoms with Gasteiger partial charge in [-0.05, 0) is 47.1 Å². The van der Waals surface area contributed by atoms with Crippen molar-refractivity contribution in [2.45, 2.75) is 58.4 Å². The minimum Gasteiger partial charge on any atom is -0.444 e. The topological polar surface area (TPSA) is 41.6 Å². The van der Waals surface area contributed by atoms with E-state index in [9.17, 15) is 9.18 Å². The number of nitrogens with one attached hydrogen (secondary N) is 1. The molecule has 1 heterocycles. The number of ether oxygens (including phenoxy) is 1. The van der Waals surface area contributed by atoms with Crippen LogP contribution >= 0.6 is 0 Å². The van der Waals surface area contributed by atoms with Crippen molar-refractivity contribution in [3.63, 3.8) is 0 Å². The van der Waals surface area contributed by atoms with Crippen LogP contribution in [0.4, 0.5) is 9.18 Å². The number of hydrogen-bond acceptors (Lipinski definition) is 3. The second-order valence-corrected chi connectivity index (χ2v) is 5.91. The number of hydrogen-bond donors (Lipinski definition) is 1. The maximum atomic E-state index is 13.2. The fraction of sp³-hybridized carbons (Fsp3) is 0.923. The summed E-state index contributed by atoms with van der Waals surface area (Å²) < 4.78 is 18.6. The Morgan fingerprint density at radius 2 is 2.22 bits per heavy atom. The summed E-state index contributed by atoms with van der Waals surface area (Å²) in [5.41, 5.74) is -0.545. The molecule has 0 saturated carbocycles. The van der Waals surface area contributed by atoms with Crippen LogP contribution in [-0.4, -0.2) is 48.4 Å². The van der Waals surface area contributed by atoms with Crippen LogP contribution in [0.3, 0.4) is 0 Å². The summed E-state index contributed by atoms with van der Waals surface area (Å²) in [7, 11) is 0. The van der Waals surface area contributed by atoms with Gasteiger partial charge in [-0.1, -0.05) is 0 Å². The van der Waals surface area contributed by atoms with Crippen LogP contribution in [0.25, 0.3) is 0 Å². The summed E-state index contributed by atoms with van der Waals surface area (Å²) in [5.74, 6) is 0. The lowest BCUT2D eigenvalue weighted by Gasteiger charge is -2.36.